The summed E-state index contributed by atoms with van der Waals surface area (Å²) in [5.41, 5.74) is 3.27. The van der Waals surface area contributed by atoms with Gasteiger partial charge in [-0.25, -0.2) is 0 Å². The first-order valence-electron chi connectivity index (χ1n) is 24.5. The van der Waals surface area contributed by atoms with E-state index in [1.807, 2.05) is 12.2 Å². The quantitative estimate of drug-likeness (QED) is 0.107. The third kappa shape index (κ3) is 10.6. The second kappa shape index (κ2) is 21.2. The fourth-order valence-electron chi connectivity index (χ4n) is 10.4. The van der Waals surface area contributed by atoms with Crippen molar-refractivity contribution in [2.75, 3.05) is 6.61 Å². The SMILES string of the molecule is C=CC[C@H]1O[C@H]2C=C[C@H]3O[C@H]4[C@H](OCc5ccc6ccccc6c5)[C@H]5O[C@@H](C=C[C@@H](COCc6ccc7ccccc7c6)OCc6ccc7ccccc7c6)C=CC[C@@H]5O[C@@H]4C[C@@H]3O[C@@H]2C=C[C@@H]1O. The lowest BCUT2D eigenvalue weighted by Gasteiger charge is -2.51. The van der Waals surface area contributed by atoms with Crippen LogP contribution in [-0.4, -0.2) is 91.1 Å². The van der Waals surface area contributed by atoms with Crippen LogP contribution in [0.15, 0.2) is 189 Å². The Morgan fingerprint density at radius 1 is 0.580 bits per heavy atom. The molecule has 5 heterocycles. The highest BCUT2D eigenvalue weighted by atomic mass is 16.6. The molecule has 2 saturated heterocycles. The summed E-state index contributed by atoms with van der Waals surface area (Å²) in [6.07, 6.45) is 14.3. The Labute approximate surface area is 404 Å². The van der Waals surface area contributed by atoms with Gasteiger partial charge in [-0.2, -0.15) is 0 Å². The van der Waals surface area contributed by atoms with Gasteiger partial charge in [0.25, 0.3) is 0 Å². The molecule has 9 heteroatoms. The smallest absolute Gasteiger partial charge is 0.115 e. The van der Waals surface area contributed by atoms with Crippen molar-refractivity contribution in [2.45, 2.75) is 118 Å². The van der Waals surface area contributed by atoms with E-state index in [4.69, 9.17) is 37.9 Å². The van der Waals surface area contributed by atoms with Crippen LogP contribution in [0.3, 0.4) is 0 Å². The van der Waals surface area contributed by atoms with E-state index in [1.54, 1.807) is 12.2 Å². The summed E-state index contributed by atoms with van der Waals surface area (Å²) in [6, 6.07) is 44.5. The summed E-state index contributed by atoms with van der Waals surface area (Å²) < 4.78 is 54.4. The highest BCUT2D eigenvalue weighted by Crippen LogP contribution is 2.41. The van der Waals surface area contributed by atoms with E-state index >= 15 is 0 Å². The topological polar surface area (TPSA) is 94.1 Å². The highest BCUT2D eigenvalue weighted by Gasteiger charge is 2.54. The summed E-state index contributed by atoms with van der Waals surface area (Å²) in [7, 11) is 0. The third-order valence-corrected chi connectivity index (χ3v) is 14.1. The van der Waals surface area contributed by atoms with E-state index in [0.29, 0.717) is 45.7 Å². The minimum absolute atomic E-state index is 0.294. The molecule has 0 unspecified atom stereocenters. The van der Waals surface area contributed by atoms with Gasteiger partial charge in [-0.15, -0.1) is 6.58 Å². The Hall–Kier alpha value is -5.56. The molecule has 0 amide bonds. The zero-order valence-corrected chi connectivity index (χ0v) is 38.7. The molecule has 9 nitrogen and oxygen atoms in total. The second-order valence-electron chi connectivity index (χ2n) is 18.9. The molecule has 6 aromatic rings. The lowest BCUT2D eigenvalue weighted by atomic mass is 9.87. The van der Waals surface area contributed by atoms with E-state index in [9.17, 15) is 5.11 Å². The molecule has 1 N–H and O–H groups in total. The Bertz CT molecular complexity index is 2850. The molecule has 0 bridgehead atoms. The zero-order valence-electron chi connectivity index (χ0n) is 38.7. The Balaban J connectivity index is 0.834. The molecular formula is C60H60O9. The first kappa shape index (κ1) is 45.9. The second-order valence-corrected chi connectivity index (χ2v) is 18.9. The predicted octanol–water partition coefficient (Wildman–Crippen LogP) is 10.6. The van der Waals surface area contributed by atoms with Gasteiger partial charge in [0.05, 0.1) is 69.2 Å². The number of benzene rings is 6. The highest BCUT2D eigenvalue weighted by molar-refractivity contribution is 5.84. The lowest BCUT2D eigenvalue weighted by Crippen LogP contribution is -2.64. The van der Waals surface area contributed by atoms with Crippen molar-refractivity contribution in [2.24, 2.45) is 0 Å². The maximum atomic E-state index is 10.8. The first-order valence-corrected chi connectivity index (χ1v) is 24.5. The lowest BCUT2D eigenvalue weighted by molar-refractivity contribution is -0.297. The minimum atomic E-state index is -0.751. The van der Waals surface area contributed by atoms with Crippen LogP contribution in [0.2, 0.25) is 0 Å². The van der Waals surface area contributed by atoms with E-state index in [1.165, 1.54) is 26.9 Å². The minimum Gasteiger partial charge on any atom is -0.386 e. The van der Waals surface area contributed by atoms with E-state index in [-0.39, 0.29) is 30.5 Å². The molecule has 0 aliphatic carbocycles. The molecule has 0 spiro atoms. The number of aliphatic hydroxyl groups is 1. The Morgan fingerprint density at radius 3 is 1.86 bits per heavy atom. The van der Waals surface area contributed by atoms with Crippen LogP contribution in [0, 0.1) is 0 Å². The summed E-state index contributed by atoms with van der Waals surface area (Å²) >= 11 is 0. The van der Waals surface area contributed by atoms with Crippen LogP contribution in [0.5, 0.6) is 0 Å². The molecule has 5 aliphatic heterocycles. The van der Waals surface area contributed by atoms with Crippen molar-refractivity contribution < 1.29 is 43.0 Å². The summed E-state index contributed by atoms with van der Waals surface area (Å²) in [4.78, 5) is 0. The van der Waals surface area contributed by atoms with Gasteiger partial charge in [0.1, 0.15) is 36.6 Å². The monoisotopic (exact) mass is 924 g/mol. The average molecular weight is 925 g/mol. The number of ether oxygens (including phenoxy) is 8. The molecule has 69 heavy (non-hydrogen) atoms. The molecule has 5 aliphatic rings. The van der Waals surface area contributed by atoms with E-state index in [2.05, 4.69) is 164 Å². The molecule has 0 radical (unpaired) electrons. The number of hydrogen-bond donors (Lipinski definition) is 1. The van der Waals surface area contributed by atoms with Crippen LogP contribution < -0.4 is 0 Å². The number of fused-ring (bicyclic) bond motifs is 7. The molecule has 354 valence electrons. The van der Waals surface area contributed by atoms with E-state index < -0.39 is 48.8 Å². The summed E-state index contributed by atoms with van der Waals surface area (Å²) in [5.74, 6) is 0. The van der Waals surface area contributed by atoms with E-state index in [0.717, 1.165) is 22.1 Å². The molecular weight excluding hydrogens is 865 g/mol. The van der Waals surface area contributed by atoms with Crippen LogP contribution in [0.1, 0.15) is 36.0 Å². The number of aliphatic hydroxyl groups excluding tert-OH is 1. The van der Waals surface area contributed by atoms with Gasteiger partial charge < -0.3 is 43.0 Å². The Morgan fingerprint density at radius 2 is 1.17 bits per heavy atom. The van der Waals surface area contributed by atoms with Crippen molar-refractivity contribution in [1.29, 1.82) is 0 Å². The van der Waals surface area contributed by atoms with Gasteiger partial charge in [-0.05, 0) is 80.0 Å². The maximum absolute atomic E-state index is 10.8. The van der Waals surface area contributed by atoms with Gasteiger partial charge in [0.2, 0.25) is 0 Å². The van der Waals surface area contributed by atoms with Crippen molar-refractivity contribution >= 4 is 32.3 Å². The molecule has 0 saturated carbocycles. The van der Waals surface area contributed by atoms with Crippen molar-refractivity contribution in [3.8, 4) is 0 Å². The maximum Gasteiger partial charge on any atom is 0.115 e. The van der Waals surface area contributed by atoms with Crippen molar-refractivity contribution in [3.05, 3.63) is 205 Å². The average Bonchev–Trinajstić information content (AvgIpc) is 3.76. The van der Waals surface area contributed by atoms with Crippen LogP contribution in [0.4, 0.5) is 0 Å². The molecule has 11 rings (SSSR count). The number of hydrogen-bond acceptors (Lipinski definition) is 9. The van der Waals surface area contributed by atoms with Gasteiger partial charge >= 0.3 is 0 Å². The normalized spacial score (nSPS) is 30.2. The molecule has 0 aromatic heterocycles. The van der Waals surface area contributed by atoms with Gasteiger partial charge in [0.15, 0.2) is 0 Å². The summed E-state index contributed by atoms with van der Waals surface area (Å²) in [5, 5.41) is 17.9. The number of rotatable bonds is 14. The molecule has 2 fully saturated rings. The molecule has 13 atom stereocenters. The van der Waals surface area contributed by atoms with Crippen LogP contribution >= 0.6 is 0 Å². The van der Waals surface area contributed by atoms with Gasteiger partial charge in [-0.3, -0.25) is 0 Å². The van der Waals surface area contributed by atoms with Crippen LogP contribution in [-0.2, 0) is 57.7 Å². The fourth-order valence-corrected chi connectivity index (χ4v) is 10.4. The molecule has 6 aromatic carbocycles. The fraction of sp³-hybridized carbons (Fsp3) is 0.333. The zero-order chi connectivity index (χ0) is 46.5. The first-order chi connectivity index (χ1) is 34.0. The van der Waals surface area contributed by atoms with Crippen molar-refractivity contribution in [3.63, 3.8) is 0 Å². The summed E-state index contributed by atoms with van der Waals surface area (Å²) in [6.45, 7) is 5.48. The third-order valence-electron chi connectivity index (χ3n) is 14.1. The predicted molar refractivity (Wildman–Crippen MR) is 269 cm³/mol. The van der Waals surface area contributed by atoms with Crippen molar-refractivity contribution in [1.82, 2.24) is 0 Å². The van der Waals surface area contributed by atoms with Gasteiger partial charge in [-0.1, -0.05) is 164 Å². The standard InChI is InChI=1S/C60H60O9/c1-2-10-51-50(61)27-28-52-53(66-51)29-30-54-56(67-52)34-57-59(69-54)60(64-37-41-21-24-44-13-5-8-16-47(44)33-41)58-55(68-57)18-9-17-48(65-58)25-26-49(63-36-40-20-23-43-12-4-7-15-46(43)32-40)38-62-35-39-19-22-42-11-3-6-14-45(42)31-39/h2-9,11-17,19-33,48-61H,1,10,18,34-38H2/t48-,49+,50+,51-,52-,53+,54-,55+,56+,57-,58+,59-,60-/m1/s1. The van der Waals surface area contributed by atoms with Crippen LogP contribution in [0.25, 0.3) is 32.3 Å². The van der Waals surface area contributed by atoms with Gasteiger partial charge in [0, 0.05) is 6.42 Å². The Kier molecular flexibility index (Phi) is 14.1. The largest absolute Gasteiger partial charge is 0.386 e.